The lowest BCUT2D eigenvalue weighted by molar-refractivity contribution is -0.117. The van der Waals surface area contributed by atoms with Gasteiger partial charge in [0.25, 0.3) is 0 Å². The highest BCUT2D eigenvalue weighted by Crippen LogP contribution is 2.14. The number of allylic oxidation sites excluding steroid dienone is 1. The Kier molecular flexibility index (Phi) is 8.32. The third-order valence-electron chi connectivity index (χ3n) is 5.08. The molecule has 0 aromatic heterocycles. The topological polar surface area (TPSA) is 70.7 Å². The highest BCUT2D eigenvalue weighted by atomic mass is 19.1. The number of nitrogens with one attached hydrogen (secondary N) is 2. The van der Waals surface area contributed by atoms with Gasteiger partial charge in [0.2, 0.25) is 11.8 Å². The van der Waals surface area contributed by atoms with Gasteiger partial charge in [-0.15, -0.1) is 0 Å². The summed E-state index contributed by atoms with van der Waals surface area (Å²) in [5, 5.41) is 5.75. The number of benzene rings is 2. The van der Waals surface area contributed by atoms with Crippen LogP contribution in [-0.2, 0) is 20.9 Å². The zero-order chi connectivity index (χ0) is 22.1. The molecule has 1 saturated heterocycles. The third kappa shape index (κ3) is 7.62. The van der Waals surface area contributed by atoms with Gasteiger partial charge in [0.15, 0.2) is 0 Å². The Labute approximate surface area is 182 Å². The molecule has 2 amide bonds. The second-order valence-electron chi connectivity index (χ2n) is 7.50. The summed E-state index contributed by atoms with van der Waals surface area (Å²) in [4.78, 5) is 26.7. The van der Waals surface area contributed by atoms with E-state index in [1.54, 1.807) is 19.1 Å². The van der Waals surface area contributed by atoms with Crippen LogP contribution in [0.3, 0.4) is 0 Å². The summed E-state index contributed by atoms with van der Waals surface area (Å²) in [5.74, 6) is -0.582. The van der Waals surface area contributed by atoms with Gasteiger partial charge in [-0.1, -0.05) is 24.3 Å². The lowest BCUT2D eigenvalue weighted by atomic mass is 10.1. The molecule has 2 N–H and O–H groups in total. The largest absolute Gasteiger partial charge is 0.379 e. The van der Waals surface area contributed by atoms with E-state index < -0.39 is 0 Å². The van der Waals surface area contributed by atoms with E-state index in [-0.39, 0.29) is 17.6 Å². The van der Waals surface area contributed by atoms with Crippen LogP contribution >= 0.6 is 0 Å². The number of anilines is 1. The van der Waals surface area contributed by atoms with Crippen LogP contribution in [0.4, 0.5) is 10.1 Å². The minimum Gasteiger partial charge on any atom is -0.379 e. The molecule has 6 nitrogen and oxygen atoms in total. The second kappa shape index (κ2) is 11.4. The molecule has 0 atom stereocenters. The summed E-state index contributed by atoms with van der Waals surface area (Å²) >= 11 is 0. The predicted molar refractivity (Wildman–Crippen MR) is 119 cm³/mol. The summed E-state index contributed by atoms with van der Waals surface area (Å²) < 4.78 is 18.3. The summed E-state index contributed by atoms with van der Waals surface area (Å²) in [7, 11) is 0. The Morgan fingerprint density at radius 3 is 2.61 bits per heavy atom. The molecule has 2 aromatic rings. The molecular formula is C24H28FN3O3. The van der Waals surface area contributed by atoms with Crippen molar-refractivity contribution < 1.29 is 18.7 Å². The fraction of sp³-hybridized carbons (Fsp3) is 0.333. The van der Waals surface area contributed by atoms with Crippen molar-refractivity contribution in [3.05, 3.63) is 71.6 Å². The number of morpholine rings is 1. The van der Waals surface area contributed by atoms with Crippen molar-refractivity contribution in [3.63, 3.8) is 0 Å². The van der Waals surface area contributed by atoms with Crippen molar-refractivity contribution >= 4 is 23.1 Å². The van der Waals surface area contributed by atoms with Crippen LogP contribution in [0.15, 0.2) is 54.6 Å². The molecule has 1 aliphatic rings. The van der Waals surface area contributed by atoms with E-state index in [0.717, 1.165) is 29.8 Å². The van der Waals surface area contributed by atoms with Crippen molar-refractivity contribution in [2.75, 3.05) is 38.2 Å². The Morgan fingerprint density at radius 2 is 1.87 bits per heavy atom. The van der Waals surface area contributed by atoms with Crippen LogP contribution in [0, 0.1) is 5.82 Å². The number of halogens is 1. The minimum absolute atomic E-state index is 0.0365. The van der Waals surface area contributed by atoms with Crippen molar-refractivity contribution in [1.82, 2.24) is 10.2 Å². The lowest BCUT2D eigenvalue weighted by Crippen LogP contribution is -2.38. The highest BCUT2D eigenvalue weighted by molar-refractivity contribution is 5.94. The van der Waals surface area contributed by atoms with E-state index in [9.17, 15) is 14.0 Å². The number of carbonyl (C=O) groups excluding carboxylic acids is 2. The van der Waals surface area contributed by atoms with E-state index >= 15 is 0 Å². The average molecular weight is 426 g/mol. The van der Waals surface area contributed by atoms with E-state index in [1.807, 2.05) is 24.3 Å². The van der Waals surface area contributed by atoms with Crippen molar-refractivity contribution in [1.29, 1.82) is 0 Å². The molecule has 1 fully saturated rings. The Hall–Kier alpha value is -3.03. The van der Waals surface area contributed by atoms with Crippen LogP contribution in [0.25, 0.3) is 5.57 Å². The third-order valence-corrected chi connectivity index (χ3v) is 5.08. The Bertz CT molecular complexity index is 922. The first-order valence-electron chi connectivity index (χ1n) is 10.4. The van der Waals surface area contributed by atoms with Crippen molar-refractivity contribution in [3.8, 4) is 0 Å². The SMILES string of the molecule is C/C(=C/C(=O)NCc1cccc(NC(=O)CCN2CCOCC2)c1)c1ccc(F)cc1. The van der Waals surface area contributed by atoms with Gasteiger partial charge in [-0.3, -0.25) is 14.5 Å². The first-order valence-corrected chi connectivity index (χ1v) is 10.4. The molecular weight excluding hydrogens is 397 g/mol. The number of hydrogen-bond donors (Lipinski definition) is 2. The zero-order valence-electron chi connectivity index (χ0n) is 17.7. The van der Waals surface area contributed by atoms with Crippen molar-refractivity contribution in [2.24, 2.45) is 0 Å². The zero-order valence-corrected chi connectivity index (χ0v) is 17.7. The molecule has 0 aliphatic carbocycles. The van der Waals surface area contributed by atoms with Gasteiger partial charge < -0.3 is 15.4 Å². The molecule has 3 rings (SSSR count). The van der Waals surface area contributed by atoms with E-state index in [2.05, 4.69) is 15.5 Å². The first-order chi connectivity index (χ1) is 15.0. The number of hydrogen-bond acceptors (Lipinski definition) is 4. The number of nitrogens with zero attached hydrogens (tertiary/aromatic N) is 1. The van der Waals surface area contributed by atoms with Gasteiger partial charge in [-0.05, 0) is 47.9 Å². The van der Waals surface area contributed by atoms with E-state index in [1.165, 1.54) is 18.2 Å². The monoisotopic (exact) mass is 425 g/mol. The summed E-state index contributed by atoms with van der Waals surface area (Å²) in [6, 6.07) is 13.4. The molecule has 0 radical (unpaired) electrons. The van der Waals surface area contributed by atoms with Crippen LogP contribution in [0.5, 0.6) is 0 Å². The van der Waals surface area contributed by atoms with Gasteiger partial charge in [-0.25, -0.2) is 4.39 Å². The molecule has 7 heteroatoms. The van der Waals surface area contributed by atoms with E-state index in [0.29, 0.717) is 38.4 Å². The average Bonchev–Trinajstić information content (AvgIpc) is 2.78. The second-order valence-corrected chi connectivity index (χ2v) is 7.50. The molecule has 164 valence electrons. The van der Waals surface area contributed by atoms with Crippen LogP contribution in [-0.4, -0.2) is 49.6 Å². The number of ether oxygens (including phenoxy) is 1. The Balaban J connectivity index is 1.47. The number of amides is 2. The maximum Gasteiger partial charge on any atom is 0.244 e. The minimum atomic E-state index is -0.311. The predicted octanol–water partition coefficient (Wildman–Crippen LogP) is 3.21. The molecule has 1 heterocycles. The highest BCUT2D eigenvalue weighted by Gasteiger charge is 2.12. The van der Waals surface area contributed by atoms with Gasteiger partial charge in [0.1, 0.15) is 5.82 Å². The van der Waals surface area contributed by atoms with E-state index in [4.69, 9.17) is 4.74 Å². The summed E-state index contributed by atoms with van der Waals surface area (Å²) in [6.45, 7) is 6.01. The molecule has 31 heavy (non-hydrogen) atoms. The van der Waals surface area contributed by atoms with Gasteiger partial charge in [-0.2, -0.15) is 0 Å². The fourth-order valence-electron chi connectivity index (χ4n) is 3.30. The maximum atomic E-state index is 13.0. The van der Waals surface area contributed by atoms with Crippen LogP contribution in [0.1, 0.15) is 24.5 Å². The number of rotatable bonds is 8. The first kappa shape index (κ1) is 22.7. The van der Waals surface area contributed by atoms with Crippen LogP contribution in [0.2, 0.25) is 0 Å². The Morgan fingerprint density at radius 1 is 1.13 bits per heavy atom. The van der Waals surface area contributed by atoms with Gasteiger partial charge in [0.05, 0.1) is 13.2 Å². The molecule has 0 bridgehead atoms. The smallest absolute Gasteiger partial charge is 0.244 e. The standard InChI is InChI=1S/C24H28FN3O3/c1-18(20-5-7-21(25)8-6-20)15-24(30)26-17-19-3-2-4-22(16-19)27-23(29)9-10-28-11-13-31-14-12-28/h2-8,15-16H,9-14,17H2,1H3,(H,26,30)(H,27,29)/b18-15-. The van der Waals surface area contributed by atoms with Gasteiger partial charge >= 0.3 is 0 Å². The molecule has 0 spiro atoms. The normalized spacial score (nSPS) is 14.8. The summed E-state index contributed by atoms with van der Waals surface area (Å²) in [6.07, 6.45) is 1.92. The van der Waals surface area contributed by atoms with Crippen molar-refractivity contribution in [2.45, 2.75) is 19.9 Å². The molecule has 0 saturated carbocycles. The number of carbonyl (C=O) groups is 2. The molecule has 1 aliphatic heterocycles. The lowest BCUT2D eigenvalue weighted by Gasteiger charge is -2.26. The summed E-state index contributed by atoms with van der Waals surface area (Å²) in [5.41, 5.74) is 3.13. The molecule has 2 aromatic carbocycles. The van der Waals surface area contributed by atoms with Gasteiger partial charge in [0, 0.05) is 44.4 Å². The maximum absolute atomic E-state index is 13.0. The fourth-order valence-corrected chi connectivity index (χ4v) is 3.30. The van der Waals surface area contributed by atoms with Crippen LogP contribution < -0.4 is 10.6 Å². The molecule has 0 unspecified atom stereocenters. The quantitative estimate of drug-likeness (QED) is 0.638.